The predicted octanol–water partition coefficient (Wildman–Crippen LogP) is 1.55. The zero-order chi connectivity index (χ0) is 15.4. The van der Waals surface area contributed by atoms with Crippen LogP contribution < -0.4 is 5.32 Å². The van der Waals surface area contributed by atoms with Crippen LogP contribution >= 0.6 is 0 Å². The summed E-state index contributed by atoms with van der Waals surface area (Å²) in [5.41, 5.74) is 0. The SMILES string of the molecule is CCCNc1nc(-n2cnc(C(=O)OC)n2)c(F)cc1F. The second kappa shape index (κ2) is 6.25. The van der Waals surface area contributed by atoms with Crippen molar-refractivity contribution in [2.75, 3.05) is 19.0 Å². The van der Waals surface area contributed by atoms with Gasteiger partial charge < -0.3 is 10.1 Å². The van der Waals surface area contributed by atoms with Crippen LogP contribution in [-0.2, 0) is 4.74 Å². The van der Waals surface area contributed by atoms with Crippen molar-refractivity contribution in [3.63, 3.8) is 0 Å². The number of ether oxygens (including phenoxy) is 1. The molecule has 0 radical (unpaired) electrons. The summed E-state index contributed by atoms with van der Waals surface area (Å²) >= 11 is 0. The highest BCUT2D eigenvalue weighted by Gasteiger charge is 2.17. The summed E-state index contributed by atoms with van der Waals surface area (Å²) in [7, 11) is 1.17. The van der Waals surface area contributed by atoms with Gasteiger partial charge in [-0.2, -0.15) is 4.68 Å². The Hall–Kier alpha value is -2.58. The van der Waals surface area contributed by atoms with Crippen molar-refractivity contribution in [1.82, 2.24) is 19.7 Å². The second-order valence-corrected chi connectivity index (χ2v) is 4.06. The molecular formula is C12H13F2N5O2. The Morgan fingerprint density at radius 3 is 2.86 bits per heavy atom. The monoisotopic (exact) mass is 297 g/mol. The van der Waals surface area contributed by atoms with Gasteiger partial charge in [0.05, 0.1) is 7.11 Å². The van der Waals surface area contributed by atoms with Crippen molar-refractivity contribution in [3.8, 4) is 5.82 Å². The molecule has 0 atom stereocenters. The lowest BCUT2D eigenvalue weighted by Gasteiger charge is -2.08. The van der Waals surface area contributed by atoms with E-state index in [2.05, 4.69) is 25.1 Å². The Bertz CT molecular complexity index is 659. The van der Waals surface area contributed by atoms with Crippen LogP contribution in [0.15, 0.2) is 12.4 Å². The van der Waals surface area contributed by atoms with Crippen molar-refractivity contribution in [2.45, 2.75) is 13.3 Å². The van der Waals surface area contributed by atoms with Crippen LogP contribution in [0.25, 0.3) is 5.82 Å². The number of pyridine rings is 1. The van der Waals surface area contributed by atoms with Crippen LogP contribution in [0.3, 0.4) is 0 Å². The molecule has 0 amide bonds. The third-order valence-electron chi connectivity index (χ3n) is 2.53. The van der Waals surface area contributed by atoms with Crippen LogP contribution in [0.4, 0.5) is 14.6 Å². The maximum absolute atomic E-state index is 13.8. The molecule has 0 saturated heterocycles. The minimum absolute atomic E-state index is 0.0941. The van der Waals surface area contributed by atoms with Crippen LogP contribution in [0.5, 0.6) is 0 Å². The quantitative estimate of drug-likeness (QED) is 0.843. The topological polar surface area (TPSA) is 81.9 Å². The molecule has 0 aliphatic rings. The Balaban J connectivity index is 2.38. The number of halogens is 2. The summed E-state index contributed by atoms with van der Waals surface area (Å²) in [5.74, 6) is -3.10. The van der Waals surface area contributed by atoms with Crippen LogP contribution in [0.2, 0.25) is 0 Å². The zero-order valence-corrected chi connectivity index (χ0v) is 11.4. The number of hydrogen-bond acceptors (Lipinski definition) is 6. The van der Waals surface area contributed by atoms with Gasteiger partial charge in [0, 0.05) is 12.6 Å². The number of carbonyl (C=O) groups excluding carboxylic acids is 1. The van der Waals surface area contributed by atoms with E-state index in [1.165, 1.54) is 7.11 Å². The van der Waals surface area contributed by atoms with Gasteiger partial charge in [0.25, 0.3) is 5.82 Å². The molecule has 0 bridgehead atoms. The van der Waals surface area contributed by atoms with Crippen molar-refractivity contribution in [1.29, 1.82) is 0 Å². The molecule has 2 aromatic heterocycles. The molecular weight excluding hydrogens is 284 g/mol. The van der Waals surface area contributed by atoms with Crippen molar-refractivity contribution >= 4 is 11.8 Å². The van der Waals surface area contributed by atoms with Gasteiger partial charge in [-0.15, -0.1) is 5.10 Å². The first-order chi connectivity index (χ1) is 10.1. The lowest BCUT2D eigenvalue weighted by molar-refractivity contribution is 0.0587. The fourth-order valence-corrected chi connectivity index (χ4v) is 1.53. The van der Waals surface area contributed by atoms with Gasteiger partial charge in [0.15, 0.2) is 23.3 Å². The molecule has 9 heteroatoms. The van der Waals surface area contributed by atoms with E-state index < -0.39 is 17.6 Å². The third kappa shape index (κ3) is 3.12. The van der Waals surface area contributed by atoms with Crippen molar-refractivity contribution < 1.29 is 18.3 Å². The summed E-state index contributed by atoms with van der Waals surface area (Å²) in [6, 6.07) is 0.694. The maximum atomic E-state index is 13.8. The van der Waals surface area contributed by atoms with Gasteiger partial charge in [-0.1, -0.05) is 6.92 Å². The van der Waals surface area contributed by atoms with Gasteiger partial charge in [0.1, 0.15) is 6.33 Å². The molecule has 2 aromatic rings. The number of methoxy groups -OCH3 is 1. The molecule has 0 aliphatic heterocycles. The molecule has 0 aromatic carbocycles. The number of anilines is 1. The fourth-order valence-electron chi connectivity index (χ4n) is 1.53. The molecule has 0 saturated carbocycles. The fraction of sp³-hybridized carbons (Fsp3) is 0.333. The summed E-state index contributed by atoms with van der Waals surface area (Å²) < 4.78 is 32.8. The molecule has 112 valence electrons. The van der Waals surface area contributed by atoms with E-state index >= 15 is 0 Å². The van der Waals surface area contributed by atoms with Crippen molar-refractivity contribution in [3.05, 3.63) is 29.9 Å². The van der Waals surface area contributed by atoms with E-state index in [4.69, 9.17) is 0 Å². The third-order valence-corrected chi connectivity index (χ3v) is 2.53. The number of nitrogens with one attached hydrogen (secondary N) is 1. The Morgan fingerprint density at radius 2 is 2.19 bits per heavy atom. The van der Waals surface area contributed by atoms with Gasteiger partial charge in [-0.05, 0) is 6.42 Å². The second-order valence-electron chi connectivity index (χ2n) is 4.06. The first-order valence-corrected chi connectivity index (χ1v) is 6.17. The Kier molecular flexibility index (Phi) is 4.41. The van der Waals surface area contributed by atoms with E-state index in [0.29, 0.717) is 12.6 Å². The Morgan fingerprint density at radius 1 is 1.43 bits per heavy atom. The molecule has 1 N–H and O–H groups in total. The van der Waals surface area contributed by atoms with Gasteiger partial charge >= 0.3 is 5.97 Å². The first-order valence-electron chi connectivity index (χ1n) is 6.17. The number of carbonyl (C=O) groups is 1. The highest BCUT2D eigenvalue weighted by molar-refractivity contribution is 5.84. The summed E-state index contributed by atoms with van der Waals surface area (Å²) in [5, 5.41) is 6.48. The largest absolute Gasteiger partial charge is 0.463 e. The number of aromatic nitrogens is 4. The highest BCUT2D eigenvalue weighted by Crippen LogP contribution is 2.18. The van der Waals surface area contributed by atoms with Crippen LogP contribution in [0.1, 0.15) is 24.0 Å². The summed E-state index contributed by atoms with van der Waals surface area (Å²) in [6.07, 6.45) is 1.85. The predicted molar refractivity (Wildman–Crippen MR) is 69.2 cm³/mol. The van der Waals surface area contributed by atoms with Crippen LogP contribution in [-0.4, -0.2) is 39.4 Å². The average Bonchev–Trinajstić information content (AvgIpc) is 2.95. The molecule has 0 aliphatic carbocycles. The first kappa shape index (κ1) is 14.8. The standard InChI is InChI=1S/C12H13F2N5O2/c1-3-4-15-9-7(13)5-8(14)11(17-9)19-6-16-10(18-19)12(20)21-2/h5-6H,3-4H2,1-2H3,(H,15,17). The highest BCUT2D eigenvalue weighted by atomic mass is 19.1. The molecule has 0 unspecified atom stereocenters. The van der Waals surface area contributed by atoms with Gasteiger partial charge in [-0.25, -0.2) is 23.5 Å². The van der Waals surface area contributed by atoms with E-state index in [-0.39, 0.29) is 17.5 Å². The number of hydrogen-bond donors (Lipinski definition) is 1. The van der Waals surface area contributed by atoms with E-state index in [1.807, 2.05) is 6.92 Å². The Labute approximate surface area is 119 Å². The lowest BCUT2D eigenvalue weighted by Crippen LogP contribution is -2.11. The van der Waals surface area contributed by atoms with E-state index in [1.54, 1.807) is 0 Å². The summed E-state index contributed by atoms with van der Waals surface area (Å²) in [4.78, 5) is 18.8. The number of esters is 1. The molecule has 7 nitrogen and oxygen atoms in total. The molecule has 2 heterocycles. The van der Waals surface area contributed by atoms with Crippen molar-refractivity contribution in [2.24, 2.45) is 0 Å². The number of rotatable bonds is 5. The molecule has 0 fully saturated rings. The zero-order valence-electron chi connectivity index (χ0n) is 11.4. The average molecular weight is 297 g/mol. The van der Waals surface area contributed by atoms with Gasteiger partial charge in [0.2, 0.25) is 0 Å². The minimum atomic E-state index is -0.920. The molecule has 2 rings (SSSR count). The minimum Gasteiger partial charge on any atom is -0.463 e. The van der Waals surface area contributed by atoms with Crippen LogP contribution in [0, 0.1) is 11.6 Å². The summed E-state index contributed by atoms with van der Waals surface area (Å²) in [6.45, 7) is 2.38. The number of nitrogens with zero attached hydrogens (tertiary/aromatic N) is 4. The van der Waals surface area contributed by atoms with E-state index in [9.17, 15) is 13.6 Å². The van der Waals surface area contributed by atoms with E-state index in [0.717, 1.165) is 17.4 Å². The van der Waals surface area contributed by atoms with Gasteiger partial charge in [-0.3, -0.25) is 0 Å². The lowest BCUT2D eigenvalue weighted by atomic mass is 10.4. The molecule has 0 spiro atoms. The normalized spacial score (nSPS) is 10.5. The molecule has 21 heavy (non-hydrogen) atoms. The maximum Gasteiger partial charge on any atom is 0.377 e. The smallest absolute Gasteiger partial charge is 0.377 e.